The van der Waals surface area contributed by atoms with E-state index in [1.54, 1.807) is 17.4 Å². The Bertz CT molecular complexity index is 622. The largest absolute Gasteiger partial charge is 0.444 e. The molecule has 0 N–H and O–H groups in total. The number of ether oxygens (including phenoxy) is 1. The zero-order valence-corrected chi connectivity index (χ0v) is 13.5. The Morgan fingerprint density at radius 2 is 1.96 bits per heavy atom. The molecule has 0 saturated carbocycles. The van der Waals surface area contributed by atoms with Crippen molar-refractivity contribution in [1.82, 2.24) is 9.55 Å². The number of unbranched alkanes of at least 4 members (excludes halogenated alkanes) is 3. The summed E-state index contributed by atoms with van der Waals surface area (Å²) in [6.45, 7) is 2.85. The van der Waals surface area contributed by atoms with E-state index in [1.165, 1.54) is 19.3 Å². The summed E-state index contributed by atoms with van der Waals surface area (Å²) in [7, 11) is 0. The number of carbonyl (C=O) groups excluding carboxylic acids is 1. The van der Waals surface area contributed by atoms with Crippen LogP contribution < -0.4 is 4.90 Å². The molecule has 1 amide bonds. The molecule has 0 bridgehead atoms. The topological polar surface area (TPSA) is 47.4 Å². The van der Waals surface area contributed by atoms with E-state index in [9.17, 15) is 4.79 Å². The predicted molar refractivity (Wildman–Crippen MR) is 89.9 cm³/mol. The van der Waals surface area contributed by atoms with Crippen LogP contribution >= 0.6 is 0 Å². The summed E-state index contributed by atoms with van der Waals surface area (Å²) in [6.07, 6.45) is 10.9. The Balaban J connectivity index is 1.59. The van der Waals surface area contributed by atoms with Gasteiger partial charge in [0.1, 0.15) is 6.10 Å². The molecule has 2 aromatic rings. The van der Waals surface area contributed by atoms with E-state index in [-0.39, 0.29) is 12.2 Å². The summed E-state index contributed by atoms with van der Waals surface area (Å²) >= 11 is 0. The molecule has 122 valence electrons. The lowest BCUT2D eigenvalue weighted by Crippen LogP contribution is -2.24. The van der Waals surface area contributed by atoms with Crippen LogP contribution in [0.4, 0.5) is 10.5 Å². The van der Waals surface area contributed by atoms with Crippen LogP contribution in [-0.2, 0) is 4.74 Å². The maximum atomic E-state index is 12.1. The lowest BCUT2D eigenvalue weighted by molar-refractivity contribution is 0.135. The highest BCUT2D eigenvalue weighted by atomic mass is 16.6. The molecule has 23 heavy (non-hydrogen) atoms. The van der Waals surface area contributed by atoms with Gasteiger partial charge in [0.05, 0.1) is 12.9 Å². The third-order valence-electron chi connectivity index (χ3n) is 4.22. The van der Waals surface area contributed by atoms with Gasteiger partial charge in [-0.15, -0.1) is 0 Å². The van der Waals surface area contributed by atoms with Crippen LogP contribution in [-0.4, -0.2) is 28.3 Å². The number of hydrogen-bond acceptors (Lipinski definition) is 3. The Morgan fingerprint density at radius 3 is 2.65 bits per heavy atom. The average Bonchev–Trinajstić information content (AvgIpc) is 3.22. The summed E-state index contributed by atoms with van der Waals surface area (Å²) in [6, 6.07) is 7.88. The van der Waals surface area contributed by atoms with Crippen molar-refractivity contribution in [2.45, 2.75) is 45.1 Å². The number of rotatable bonds is 7. The first kappa shape index (κ1) is 15.6. The fourth-order valence-corrected chi connectivity index (χ4v) is 2.90. The highest BCUT2D eigenvalue weighted by molar-refractivity contribution is 5.89. The van der Waals surface area contributed by atoms with Gasteiger partial charge in [0, 0.05) is 23.8 Å². The van der Waals surface area contributed by atoms with Crippen molar-refractivity contribution in [2.75, 3.05) is 11.4 Å². The molecule has 0 spiro atoms. The second kappa shape index (κ2) is 7.31. The second-order valence-electron chi connectivity index (χ2n) is 5.95. The maximum Gasteiger partial charge on any atom is 0.414 e. The minimum Gasteiger partial charge on any atom is -0.444 e. The van der Waals surface area contributed by atoms with Crippen molar-refractivity contribution in [3.05, 3.63) is 43.0 Å². The number of amides is 1. The molecule has 1 saturated heterocycles. The molecule has 0 radical (unpaired) electrons. The number of benzene rings is 1. The van der Waals surface area contributed by atoms with Crippen LogP contribution in [0.5, 0.6) is 0 Å². The number of carbonyl (C=O) groups is 1. The fourth-order valence-electron chi connectivity index (χ4n) is 2.90. The molecule has 1 aliphatic heterocycles. The van der Waals surface area contributed by atoms with Crippen molar-refractivity contribution in [1.29, 1.82) is 0 Å². The Hall–Kier alpha value is -2.30. The molecule has 1 aliphatic rings. The third-order valence-corrected chi connectivity index (χ3v) is 4.22. The SMILES string of the molecule is CCCCCCC1CN(c2ccc(-n3ccnc3)cc2)C(=O)O1. The van der Waals surface area contributed by atoms with Gasteiger partial charge in [0.25, 0.3) is 0 Å². The van der Waals surface area contributed by atoms with Crippen molar-refractivity contribution >= 4 is 11.8 Å². The molecule has 3 rings (SSSR count). The Kier molecular flexibility index (Phi) is 4.95. The summed E-state index contributed by atoms with van der Waals surface area (Å²) < 4.78 is 7.42. The summed E-state index contributed by atoms with van der Waals surface area (Å²) in [5.74, 6) is 0. The summed E-state index contributed by atoms with van der Waals surface area (Å²) in [4.78, 5) is 17.8. The molecule has 5 heteroatoms. The van der Waals surface area contributed by atoms with Gasteiger partial charge in [-0.05, 0) is 37.1 Å². The van der Waals surface area contributed by atoms with Crippen molar-refractivity contribution in [3.63, 3.8) is 0 Å². The smallest absolute Gasteiger partial charge is 0.414 e. The zero-order chi connectivity index (χ0) is 16.1. The predicted octanol–water partition coefficient (Wildman–Crippen LogP) is 4.17. The van der Waals surface area contributed by atoms with Crippen LogP contribution in [0, 0.1) is 0 Å². The van der Waals surface area contributed by atoms with Crippen molar-refractivity contribution in [2.24, 2.45) is 0 Å². The van der Waals surface area contributed by atoms with Gasteiger partial charge >= 0.3 is 6.09 Å². The minimum atomic E-state index is -0.235. The van der Waals surface area contributed by atoms with E-state index in [2.05, 4.69) is 11.9 Å². The van der Waals surface area contributed by atoms with Gasteiger partial charge in [-0.25, -0.2) is 9.78 Å². The minimum absolute atomic E-state index is 0.0210. The molecule has 2 heterocycles. The van der Waals surface area contributed by atoms with Crippen molar-refractivity contribution in [3.8, 4) is 5.69 Å². The average molecular weight is 313 g/mol. The van der Waals surface area contributed by atoms with Gasteiger partial charge in [-0.3, -0.25) is 4.90 Å². The number of anilines is 1. The summed E-state index contributed by atoms with van der Waals surface area (Å²) in [5, 5.41) is 0. The van der Waals surface area contributed by atoms with Gasteiger partial charge in [-0.1, -0.05) is 26.2 Å². The maximum absolute atomic E-state index is 12.1. The molecule has 1 unspecified atom stereocenters. The monoisotopic (exact) mass is 313 g/mol. The molecule has 1 atom stereocenters. The van der Waals surface area contributed by atoms with Gasteiger partial charge in [0.15, 0.2) is 0 Å². The molecule has 1 fully saturated rings. The molecule has 5 nitrogen and oxygen atoms in total. The first-order valence-electron chi connectivity index (χ1n) is 8.34. The van der Waals surface area contributed by atoms with Crippen molar-refractivity contribution < 1.29 is 9.53 Å². The van der Waals surface area contributed by atoms with Crippen LogP contribution in [0.1, 0.15) is 39.0 Å². The third kappa shape index (κ3) is 3.73. The zero-order valence-electron chi connectivity index (χ0n) is 13.5. The van der Waals surface area contributed by atoms with E-state index >= 15 is 0 Å². The molecular weight excluding hydrogens is 290 g/mol. The molecule has 1 aromatic heterocycles. The number of hydrogen-bond donors (Lipinski definition) is 0. The first-order valence-corrected chi connectivity index (χ1v) is 8.34. The second-order valence-corrected chi connectivity index (χ2v) is 5.95. The standard InChI is InChI=1S/C18H23N3O2/c1-2-3-4-5-6-17-13-21(18(22)23-17)16-9-7-15(8-10-16)20-12-11-19-14-20/h7-12,14,17H,2-6,13H2,1H3. The van der Waals surface area contributed by atoms with E-state index in [0.29, 0.717) is 6.54 Å². The van der Waals surface area contributed by atoms with E-state index < -0.39 is 0 Å². The molecule has 1 aromatic carbocycles. The highest BCUT2D eigenvalue weighted by Gasteiger charge is 2.31. The highest BCUT2D eigenvalue weighted by Crippen LogP contribution is 2.25. The molecule has 0 aliphatic carbocycles. The van der Waals surface area contributed by atoms with E-state index in [4.69, 9.17) is 4.74 Å². The van der Waals surface area contributed by atoms with Gasteiger partial charge in [0.2, 0.25) is 0 Å². The number of cyclic esters (lactones) is 1. The number of nitrogens with zero attached hydrogens (tertiary/aromatic N) is 3. The van der Waals surface area contributed by atoms with Crippen LogP contribution in [0.2, 0.25) is 0 Å². The lowest BCUT2D eigenvalue weighted by atomic mass is 10.1. The quantitative estimate of drug-likeness (QED) is 0.721. The van der Waals surface area contributed by atoms with Gasteiger partial charge < -0.3 is 9.30 Å². The van der Waals surface area contributed by atoms with Crippen LogP contribution in [0.3, 0.4) is 0 Å². The molecular formula is C18H23N3O2. The first-order chi connectivity index (χ1) is 11.3. The summed E-state index contributed by atoms with van der Waals surface area (Å²) in [5.41, 5.74) is 1.91. The fraction of sp³-hybridized carbons (Fsp3) is 0.444. The Morgan fingerprint density at radius 1 is 1.17 bits per heavy atom. The lowest BCUT2D eigenvalue weighted by Gasteiger charge is -2.13. The van der Waals surface area contributed by atoms with Crippen LogP contribution in [0.15, 0.2) is 43.0 Å². The normalized spacial score (nSPS) is 17.5. The number of imidazole rings is 1. The van der Waals surface area contributed by atoms with E-state index in [0.717, 1.165) is 24.2 Å². The van der Waals surface area contributed by atoms with Crippen LogP contribution in [0.25, 0.3) is 5.69 Å². The van der Waals surface area contributed by atoms with E-state index in [1.807, 2.05) is 35.0 Å². The van der Waals surface area contributed by atoms with Gasteiger partial charge in [-0.2, -0.15) is 0 Å². The Labute approximate surface area is 136 Å². The number of aromatic nitrogens is 2.